The standard InChI is InChI=1S/C37H35BrN2O/c1-36(2,3)25-12-9-11-24(19-25)31-23-39-35(22-32(31)37(4,5)6)40-33-16-8-7-15-29(33)30-18-17-28(21-34(30)40)41-27-14-10-13-26(38)20-27/h7-23H,1-6H3. The second-order valence-corrected chi connectivity index (χ2v) is 13.7. The number of hydrogen-bond donors (Lipinski definition) is 0. The molecule has 3 nitrogen and oxygen atoms in total. The number of para-hydroxylation sites is 1. The van der Waals surface area contributed by atoms with Gasteiger partial charge in [-0.25, -0.2) is 4.98 Å². The van der Waals surface area contributed by atoms with Crippen molar-refractivity contribution in [2.75, 3.05) is 0 Å². The minimum Gasteiger partial charge on any atom is -0.457 e. The number of benzene rings is 4. The van der Waals surface area contributed by atoms with E-state index in [0.717, 1.165) is 32.8 Å². The highest BCUT2D eigenvalue weighted by Crippen LogP contribution is 2.39. The summed E-state index contributed by atoms with van der Waals surface area (Å²) in [7, 11) is 0. The molecule has 206 valence electrons. The predicted octanol–water partition coefficient (Wildman–Crippen LogP) is 11.0. The molecule has 4 aromatic carbocycles. The third kappa shape index (κ3) is 5.29. The first-order valence-corrected chi connectivity index (χ1v) is 14.9. The highest BCUT2D eigenvalue weighted by Gasteiger charge is 2.23. The first-order chi connectivity index (χ1) is 19.5. The molecule has 41 heavy (non-hydrogen) atoms. The van der Waals surface area contributed by atoms with Crippen molar-refractivity contribution in [3.05, 3.63) is 119 Å². The Hall–Kier alpha value is -3.89. The Bertz CT molecular complexity index is 1900. The van der Waals surface area contributed by atoms with Gasteiger partial charge in [-0.2, -0.15) is 0 Å². The molecule has 0 saturated carbocycles. The molecule has 0 fully saturated rings. The van der Waals surface area contributed by atoms with Gasteiger partial charge < -0.3 is 4.74 Å². The summed E-state index contributed by atoms with van der Waals surface area (Å²) in [5, 5.41) is 2.36. The minimum absolute atomic E-state index is 0.0733. The van der Waals surface area contributed by atoms with Crippen molar-refractivity contribution in [2.24, 2.45) is 0 Å². The summed E-state index contributed by atoms with van der Waals surface area (Å²) in [4.78, 5) is 5.11. The van der Waals surface area contributed by atoms with Crippen LogP contribution >= 0.6 is 15.9 Å². The maximum Gasteiger partial charge on any atom is 0.137 e. The summed E-state index contributed by atoms with van der Waals surface area (Å²) < 4.78 is 9.53. The van der Waals surface area contributed by atoms with Gasteiger partial charge in [0.25, 0.3) is 0 Å². The van der Waals surface area contributed by atoms with Crippen LogP contribution in [0, 0.1) is 0 Å². The van der Waals surface area contributed by atoms with Crippen molar-refractivity contribution in [3.8, 4) is 28.4 Å². The molecule has 0 aliphatic rings. The molecule has 0 saturated heterocycles. The topological polar surface area (TPSA) is 27.1 Å². The number of halogens is 1. The maximum atomic E-state index is 6.28. The van der Waals surface area contributed by atoms with Gasteiger partial charge in [0.2, 0.25) is 0 Å². The van der Waals surface area contributed by atoms with E-state index >= 15 is 0 Å². The van der Waals surface area contributed by atoms with E-state index < -0.39 is 0 Å². The van der Waals surface area contributed by atoms with Crippen molar-refractivity contribution in [1.29, 1.82) is 0 Å². The van der Waals surface area contributed by atoms with Gasteiger partial charge in [-0.15, -0.1) is 0 Å². The van der Waals surface area contributed by atoms with Crippen molar-refractivity contribution >= 4 is 37.7 Å². The zero-order valence-electron chi connectivity index (χ0n) is 24.5. The molecule has 6 aromatic rings. The fourth-order valence-electron chi connectivity index (χ4n) is 5.50. The molecule has 0 amide bonds. The Morgan fingerprint density at radius 3 is 2.15 bits per heavy atom. The average Bonchev–Trinajstić information content (AvgIpc) is 3.25. The van der Waals surface area contributed by atoms with Gasteiger partial charge in [0.1, 0.15) is 17.3 Å². The molecule has 4 heteroatoms. The predicted molar refractivity (Wildman–Crippen MR) is 176 cm³/mol. The first kappa shape index (κ1) is 27.3. The molecule has 0 aliphatic carbocycles. The van der Waals surface area contributed by atoms with Gasteiger partial charge in [-0.1, -0.05) is 106 Å². The molecular weight excluding hydrogens is 568 g/mol. The van der Waals surface area contributed by atoms with E-state index in [1.165, 1.54) is 33.0 Å². The van der Waals surface area contributed by atoms with Crippen LogP contribution in [0.2, 0.25) is 0 Å². The van der Waals surface area contributed by atoms with Crippen LogP contribution in [0.25, 0.3) is 38.8 Å². The Labute approximate surface area is 251 Å². The van der Waals surface area contributed by atoms with E-state index in [4.69, 9.17) is 9.72 Å². The van der Waals surface area contributed by atoms with Gasteiger partial charge in [0.05, 0.1) is 11.0 Å². The summed E-state index contributed by atoms with van der Waals surface area (Å²) >= 11 is 3.55. The Morgan fingerprint density at radius 1 is 0.659 bits per heavy atom. The van der Waals surface area contributed by atoms with Gasteiger partial charge in [0.15, 0.2) is 0 Å². The van der Waals surface area contributed by atoms with Crippen LogP contribution in [0.1, 0.15) is 52.7 Å². The van der Waals surface area contributed by atoms with Gasteiger partial charge in [-0.3, -0.25) is 4.57 Å². The van der Waals surface area contributed by atoms with Crippen LogP contribution in [-0.2, 0) is 10.8 Å². The lowest BCUT2D eigenvalue weighted by atomic mass is 9.81. The normalized spacial score (nSPS) is 12.3. The maximum absolute atomic E-state index is 6.28. The summed E-state index contributed by atoms with van der Waals surface area (Å²) in [5.74, 6) is 2.47. The van der Waals surface area contributed by atoms with E-state index in [1.54, 1.807) is 0 Å². The van der Waals surface area contributed by atoms with Crippen molar-refractivity contribution in [3.63, 3.8) is 0 Å². The molecular formula is C37H35BrN2O. The lowest BCUT2D eigenvalue weighted by molar-refractivity contribution is 0.483. The van der Waals surface area contributed by atoms with E-state index in [-0.39, 0.29) is 10.8 Å². The smallest absolute Gasteiger partial charge is 0.137 e. The van der Waals surface area contributed by atoms with Crippen LogP contribution in [0.15, 0.2) is 108 Å². The summed E-state index contributed by atoms with van der Waals surface area (Å²) in [6.07, 6.45) is 2.06. The minimum atomic E-state index is -0.0848. The number of rotatable bonds is 4. The summed E-state index contributed by atoms with van der Waals surface area (Å²) in [5.41, 5.74) is 7.13. The van der Waals surface area contributed by atoms with Crippen molar-refractivity contribution in [2.45, 2.75) is 52.4 Å². The summed E-state index contributed by atoms with van der Waals surface area (Å²) in [6.45, 7) is 13.6. The number of ether oxygens (including phenoxy) is 1. The lowest BCUT2D eigenvalue weighted by Gasteiger charge is -2.25. The first-order valence-electron chi connectivity index (χ1n) is 14.1. The number of nitrogens with zero attached hydrogens (tertiary/aromatic N) is 2. The van der Waals surface area contributed by atoms with Crippen LogP contribution in [0.5, 0.6) is 11.5 Å². The Kier molecular flexibility index (Phi) is 6.78. The van der Waals surface area contributed by atoms with Gasteiger partial charge in [-0.05, 0) is 70.0 Å². The largest absolute Gasteiger partial charge is 0.457 e. The van der Waals surface area contributed by atoms with Crippen molar-refractivity contribution in [1.82, 2.24) is 9.55 Å². The summed E-state index contributed by atoms with van der Waals surface area (Å²) in [6, 6.07) is 33.9. The van der Waals surface area contributed by atoms with Crippen molar-refractivity contribution < 1.29 is 4.74 Å². The number of pyridine rings is 1. The molecule has 0 unspecified atom stereocenters. The molecule has 0 atom stereocenters. The van der Waals surface area contributed by atoms with Crippen LogP contribution in [0.3, 0.4) is 0 Å². The lowest BCUT2D eigenvalue weighted by Crippen LogP contribution is -2.15. The third-order valence-electron chi connectivity index (χ3n) is 7.64. The van der Waals surface area contributed by atoms with Gasteiger partial charge >= 0.3 is 0 Å². The molecule has 0 bridgehead atoms. The molecule has 2 heterocycles. The highest BCUT2D eigenvalue weighted by atomic mass is 79.9. The van der Waals surface area contributed by atoms with Crippen LogP contribution < -0.4 is 4.74 Å². The number of hydrogen-bond acceptors (Lipinski definition) is 2. The quantitative estimate of drug-likeness (QED) is 0.200. The fourth-order valence-corrected chi connectivity index (χ4v) is 5.88. The highest BCUT2D eigenvalue weighted by molar-refractivity contribution is 9.10. The van der Waals surface area contributed by atoms with Crippen LogP contribution in [0.4, 0.5) is 0 Å². The molecule has 0 spiro atoms. The molecule has 0 radical (unpaired) electrons. The Morgan fingerprint density at radius 2 is 1.39 bits per heavy atom. The zero-order chi connectivity index (χ0) is 28.9. The van der Waals surface area contributed by atoms with E-state index in [9.17, 15) is 0 Å². The second kappa shape index (κ2) is 10.2. The second-order valence-electron chi connectivity index (χ2n) is 12.8. The molecule has 6 rings (SSSR count). The third-order valence-corrected chi connectivity index (χ3v) is 8.14. The average molecular weight is 604 g/mol. The number of fused-ring (bicyclic) bond motifs is 3. The molecule has 0 N–H and O–H groups in total. The SMILES string of the molecule is CC(C)(C)c1cccc(-c2cnc(-n3c4ccccc4c4ccc(Oc5cccc(Br)c5)cc43)cc2C(C)(C)C)c1. The zero-order valence-corrected chi connectivity index (χ0v) is 26.1. The van der Waals surface area contributed by atoms with E-state index in [2.05, 4.69) is 135 Å². The monoisotopic (exact) mass is 602 g/mol. The van der Waals surface area contributed by atoms with Crippen LogP contribution in [-0.4, -0.2) is 9.55 Å². The fraction of sp³-hybridized carbons (Fsp3) is 0.216. The number of aromatic nitrogens is 2. The van der Waals surface area contributed by atoms with Gasteiger partial charge in [0, 0.05) is 33.1 Å². The molecule has 2 aromatic heterocycles. The van der Waals surface area contributed by atoms with E-state index in [1.807, 2.05) is 30.3 Å². The van der Waals surface area contributed by atoms with E-state index in [0.29, 0.717) is 0 Å². The Balaban J connectivity index is 1.55. The molecule has 0 aliphatic heterocycles.